The number of amides is 2. The molecule has 1 aliphatic carbocycles. The van der Waals surface area contributed by atoms with Crippen LogP contribution < -0.4 is 10.5 Å². The smallest absolute Gasteiger partial charge is 0.316 e. The summed E-state index contributed by atoms with van der Waals surface area (Å²) in [5, 5.41) is 0. The Hall–Kier alpha value is -3.85. The lowest BCUT2D eigenvalue weighted by molar-refractivity contribution is 0.0303. The van der Waals surface area contributed by atoms with Gasteiger partial charge in [-0.25, -0.2) is 15.0 Å². The maximum absolute atomic E-state index is 12.9. The lowest BCUT2D eigenvalue weighted by atomic mass is 10.0. The molecule has 0 bridgehead atoms. The van der Waals surface area contributed by atoms with Gasteiger partial charge >= 0.3 is 6.01 Å². The average Bonchev–Trinajstić information content (AvgIpc) is 3.21. The summed E-state index contributed by atoms with van der Waals surface area (Å²) in [6, 6.07) is 7.49. The highest BCUT2D eigenvalue weighted by Crippen LogP contribution is 2.39. The molecule has 0 saturated carbocycles. The highest BCUT2D eigenvalue weighted by atomic mass is 16.5. The zero-order valence-corrected chi connectivity index (χ0v) is 17.5. The number of primary amides is 1. The van der Waals surface area contributed by atoms with Crippen LogP contribution >= 0.6 is 0 Å². The van der Waals surface area contributed by atoms with Gasteiger partial charge in [0.2, 0.25) is 5.91 Å². The van der Waals surface area contributed by atoms with Crippen LogP contribution in [0.25, 0.3) is 22.5 Å². The van der Waals surface area contributed by atoms with Gasteiger partial charge < -0.3 is 20.1 Å². The average molecular weight is 431 g/mol. The summed E-state index contributed by atoms with van der Waals surface area (Å²) >= 11 is 0. The molecular weight excluding hydrogens is 410 g/mol. The number of carbonyl (C=O) groups excluding carboxylic acids is 2. The number of fused-ring (bicyclic) bond motifs is 3. The van der Waals surface area contributed by atoms with Crippen molar-refractivity contribution in [2.24, 2.45) is 5.73 Å². The zero-order chi connectivity index (χ0) is 22.2. The van der Waals surface area contributed by atoms with Crippen LogP contribution in [0.1, 0.15) is 31.8 Å². The molecule has 1 aromatic carbocycles. The van der Waals surface area contributed by atoms with Crippen molar-refractivity contribution in [2.45, 2.75) is 6.42 Å². The molecule has 3 heterocycles. The molecule has 9 nitrogen and oxygen atoms in total. The van der Waals surface area contributed by atoms with Gasteiger partial charge in [-0.3, -0.25) is 9.59 Å². The zero-order valence-electron chi connectivity index (χ0n) is 17.5. The van der Waals surface area contributed by atoms with E-state index in [1.807, 2.05) is 12.1 Å². The Balaban J connectivity index is 1.54. The number of carbonyl (C=O) groups is 2. The topological polar surface area (TPSA) is 121 Å². The lowest BCUT2D eigenvalue weighted by Crippen LogP contribution is -2.40. The molecule has 0 spiro atoms. The summed E-state index contributed by atoms with van der Waals surface area (Å²) in [4.78, 5) is 40.0. The van der Waals surface area contributed by atoms with Crippen LogP contribution in [0.3, 0.4) is 0 Å². The standard InChI is InChI=1S/C23H21N5O4/c1-31-23-25-11-15(12-26-23)19-10-18(21(24)29)17-9-14-8-13(2-3-16(14)20(17)27-19)22(30)28-4-6-32-7-5-28/h2-3,8,10-12H,4-7,9H2,1H3,(H2,24,29). The molecule has 0 radical (unpaired) electrons. The van der Waals surface area contributed by atoms with Crippen molar-refractivity contribution in [3.05, 3.63) is 58.9 Å². The van der Waals surface area contributed by atoms with Crippen molar-refractivity contribution in [3.63, 3.8) is 0 Å². The second-order valence-corrected chi connectivity index (χ2v) is 7.66. The van der Waals surface area contributed by atoms with Crippen molar-refractivity contribution in [1.82, 2.24) is 19.9 Å². The molecule has 2 amide bonds. The summed E-state index contributed by atoms with van der Waals surface area (Å²) in [5.74, 6) is -0.553. The maximum atomic E-state index is 12.9. The van der Waals surface area contributed by atoms with Gasteiger partial charge in [0.25, 0.3) is 5.91 Å². The number of nitrogens with zero attached hydrogens (tertiary/aromatic N) is 4. The van der Waals surface area contributed by atoms with E-state index in [9.17, 15) is 9.59 Å². The van der Waals surface area contributed by atoms with Gasteiger partial charge in [-0.2, -0.15) is 0 Å². The fourth-order valence-electron chi connectivity index (χ4n) is 4.14. The summed E-state index contributed by atoms with van der Waals surface area (Å²) in [5.41, 5.74) is 11.2. The fraction of sp³-hybridized carbons (Fsp3) is 0.261. The van der Waals surface area contributed by atoms with Crippen LogP contribution in [0, 0.1) is 0 Å². The van der Waals surface area contributed by atoms with Crippen LogP contribution in [0.5, 0.6) is 6.01 Å². The second-order valence-electron chi connectivity index (χ2n) is 7.66. The van der Waals surface area contributed by atoms with Gasteiger partial charge in [0, 0.05) is 54.2 Å². The van der Waals surface area contributed by atoms with Crippen LogP contribution in [0.15, 0.2) is 36.7 Å². The third kappa shape index (κ3) is 3.46. The molecule has 9 heteroatoms. The third-order valence-electron chi connectivity index (χ3n) is 5.77. The number of nitrogens with two attached hydrogens (primary N) is 1. The first-order valence-electron chi connectivity index (χ1n) is 10.3. The molecule has 2 aliphatic rings. The fourth-order valence-corrected chi connectivity index (χ4v) is 4.14. The second kappa shape index (κ2) is 8.01. The predicted molar refractivity (Wildman–Crippen MR) is 115 cm³/mol. The van der Waals surface area contributed by atoms with E-state index in [2.05, 4.69) is 9.97 Å². The molecule has 162 valence electrons. The van der Waals surface area contributed by atoms with Crippen molar-refractivity contribution >= 4 is 11.8 Å². The molecule has 0 unspecified atom stereocenters. The summed E-state index contributed by atoms with van der Waals surface area (Å²) in [6.45, 7) is 2.26. The number of rotatable bonds is 4. The Labute approximate surface area is 184 Å². The number of benzene rings is 1. The highest BCUT2D eigenvalue weighted by Gasteiger charge is 2.28. The lowest BCUT2D eigenvalue weighted by Gasteiger charge is -2.27. The number of pyridine rings is 1. The molecule has 32 heavy (non-hydrogen) atoms. The van der Waals surface area contributed by atoms with Crippen molar-refractivity contribution < 1.29 is 19.1 Å². The van der Waals surface area contributed by atoms with E-state index >= 15 is 0 Å². The number of hydrogen-bond donors (Lipinski definition) is 1. The number of morpholine rings is 1. The van der Waals surface area contributed by atoms with Crippen molar-refractivity contribution in [3.8, 4) is 28.5 Å². The van der Waals surface area contributed by atoms with Crippen LogP contribution in [-0.4, -0.2) is 65.1 Å². The molecule has 3 aromatic rings. The molecule has 1 fully saturated rings. The molecule has 5 rings (SSSR count). The van der Waals surface area contributed by atoms with Gasteiger partial charge in [-0.15, -0.1) is 0 Å². The molecule has 0 atom stereocenters. The molecule has 1 saturated heterocycles. The quantitative estimate of drug-likeness (QED) is 0.522. The Morgan fingerprint density at radius 3 is 2.56 bits per heavy atom. The SMILES string of the molecule is COc1ncc(-c2cc(C(N)=O)c3c(n2)-c2ccc(C(=O)N4CCOCC4)cc2C3)cn1. The van der Waals surface area contributed by atoms with Crippen LogP contribution in [-0.2, 0) is 11.2 Å². The number of aromatic nitrogens is 3. The Morgan fingerprint density at radius 1 is 1.12 bits per heavy atom. The van der Waals surface area contributed by atoms with Gasteiger partial charge in [0.15, 0.2) is 0 Å². The third-order valence-corrected chi connectivity index (χ3v) is 5.77. The Kier molecular flexibility index (Phi) is 5.02. The number of methoxy groups -OCH3 is 1. The van der Waals surface area contributed by atoms with Gasteiger partial charge in [0.1, 0.15) is 0 Å². The summed E-state index contributed by atoms with van der Waals surface area (Å²) in [6.07, 6.45) is 3.66. The summed E-state index contributed by atoms with van der Waals surface area (Å²) < 4.78 is 10.3. The Morgan fingerprint density at radius 2 is 1.88 bits per heavy atom. The normalized spacial score (nSPS) is 14.6. The Bertz CT molecular complexity index is 1220. The van der Waals surface area contributed by atoms with Gasteiger partial charge in [-0.1, -0.05) is 6.07 Å². The van der Waals surface area contributed by atoms with Crippen LogP contribution in [0.2, 0.25) is 0 Å². The van der Waals surface area contributed by atoms with E-state index in [0.29, 0.717) is 60.8 Å². The van der Waals surface area contributed by atoms with Gasteiger partial charge in [-0.05, 0) is 29.3 Å². The molecule has 2 aromatic heterocycles. The first-order valence-corrected chi connectivity index (χ1v) is 10.3. The van der Waals surface area contributed by atoms with E-state index in [4.69, 9.17) is 20.2 Å². The van der Waals surface area contributed by atoms with E-state index in [0.717, 1.165) is 16.7 Å². The van der Waals surface area contributed by atoms with E-state index in [-0.39, 0.29) is 11.9 Å². The molecule has 2 N–H and O–H groups in total. The van der Waals surface area contributed by atoms with E-state index in [1.54, 1.807) is 29.4 Å². The van der Waals surface area contributed by atoms with Crippen molar-refractivity contribution in [1.29, 1.82) is 0 Å². The van der Waals surface area contributed by atoms with Crippen molar-refractivity contribution in [2.75, 3.05) is 33.4 Å². The molecular formula is C23H21N5O4. The number of hydrogen-bond acceptors (Lipinski definition) is 7. The minimum atomic E-state index is -0.531. The maximum Gasteiger partial charge on any atom is 0.316 e. The predicted octanol–water partition coefficient (Wildman–Crippen LogP) is 1.69. The monoisotopic (exact) mass is 431 g/mol. The first kappa shape index (κ1) is 20.1. The van der Waals surface area contributed by atoms with Gasteiger partial charge in [0.05, 0.1) is 31.7 Å². The summed E-state index contributed by atoms with van der Waals surface area (Å²) in [7, 11) is 1.49. The highest BCUT2D eigenvalue weighted by molar-refractivity contribution is 6.00. The number of ether oxygens (including phenoxy) is 2. The van der Waals surface area contributed by atoms with Crippen LogP contribution in [0.4, 0.5) is 0 Å². The molecule has 1 aliphatic heterocycles. The van der Waals surface area contributed by atoms with E-state index < -0.39 is 5.91 Å². The van der Waals surface area contributed by atoms with E-state index in [1.165, 1.54) is 7.11 Å². The minimum Gasteiger partial charge on any atom is -0.467 e. The first-order chi connectivity index (χ1) is 15.5. The largest absolute Gasteiger partial charge is 0.467 e. The minimum absolute atomic E-state index is 0.0220.